The zero-order valence-corrected chi connectivity index (χ0v) is 16.5. The highest BCUT2D eigenvalue weighted by Gasteiger charge is 2.18. The van der Waals surface area contributed by atoms with Crippen molar-refractivity contribution in [2.45, 2.75) is 12.5 Å². The normalized spacial score (nSPS) is 12.7. The molecule has 146 valence electrons. The number of halogens is 1. The molecule has 0 aromatic heterocycles. The van der Waals surface area contributed by atoms with Gasteiger partial charge in [0.25, 0.3) is 0 Å². The molecule has 0 spiro atoms. The van der Waals surface area contributed by atoms with Crippen LogP contribution in [0.25, 0.3) is 0 Å². The molecule has 27 heavy (non-hydrogen) atoms. The highest BCUT2D eigenvalue weighted by Crippen LogP contribution is 2.27. The number of hydrogen-bond acceptors (Lipinski definition) is 3. The summed E-state index contributed by atoms with van der Waals surface area (Å²) in [5, 5.41) is 6.64. The maximum absolute atomic E-state index is 13.3. The lowest BCUT2D eigenvalue weighted by atomic mass is 10.0. The van der Waals surface area contributed by atoms with Crippen LogP contribution in [0, 0.1) is 5.82 Å². The van der Waals surface area contributed by atoms with E-state index in [1.165, 1.54) is 6.07 Å². The number of likely N-dealkylation sites (N-methyl/N-ethyl adjacent to an activating group) is 1. The summed E-state index contributed by atoms with van der Waals surface area (Å²) in [6.07, 6.45) is 0.724. The molecular formula is C21H29FN4O. The number of para-hydroxylation sites is 1. The molecule has 0 heterocycles. The summed E-state index contributed by atoms with van der Waals surface area (Å²) in [5.74, 6) is 1.38. The van der Waals surface area contributed by atoms with Crippen LogP contribution in [-0.4, -0.2) is 52.2 Å². The van der Waals surface area contributed by atoms with E-state index in [9.17, 15) is 4.39 Å². The van der Waals surface area contributed by atoms with Gasteiger partial charge in [0.1, 0.15) is 11.6 Å². The number of nitrogens with one attached hydrogen (secondary N) is 2. The summed E-state index contributed by atoms with van der Waals surface area (Å²) in [5.41, 5.74) is 2.07. The minimum absolute atomic E-state index is 0.128. The second-order valence-corrected chi connectivity index (χ2v) is 6.48. The summed E-state index contributed by atoms with van der Waals surface area (Å²) in [4.78, 5) is 6.42. The van der Waals surface area contributed by atoms with E-state index in [0.717, 1.165) is 23.3 Å². The molecule has 0 radical (unpaired) electrons. The summed E-state index contributed by atoms with van der Waals surface area (Å²) in [6.45, 7) is 1.34. The molecule has 2 aromatic carbocycles. The minimum Gasteiger partial charge on any atom is -0.496 e. The Bertz CT molecular complexity index is 748. The van der Waals surface area contributed by atoms with Gasteiger partial charge in [-0.3, -0.25) is 4.99 Å². The number of aliphatic imine (C=N–C) groups is 1. The lowest BCUT2D eigenvalue weighted by molar-refractivity contribution is 0.288. The number of ether oxygens (including phenoxy) is 1. The molecule has 1 unspecified atom stereocenters. The van der Waals surface area contributed by atoms with E-state index in [1.54, 1.807) is 26.3 Å². The number of guanidine groups is 1. The maximum Gasteiger partial charge on any atom is 0.191 e. The van der Waals surface area contributed by atoms with Crippen molar-refractivity contribution in [1.29, 1.82) is 0 Å². The van der Waals surface area contributed by atoms with Crippen LogP contribution in [0.1, 0.15) is 17.2 Å². The molecule has 6 heteroatoms. The molecule has 2 rings (SSSR count). The average molecular weight is 372 g/mol. The molecule has 5 nitrogen and oxygen atoms in total. The van der Waals surface area contributed by atoms with Gasteiger partial charge in [0, 0.05) is 25.7 Å². The van der Waals surface area contributed by atoms with E-state index in [4.69, 9.17) is 4.74 Å². The molecule has 0 saturated carbocycles. The summed E-state index contributed by atoms with van der Waals surface area (Å²) in [6, 6.07) is 14.8. The van der Waals surface area contributed by atoms with Crippen LogP contribution in [0.15, 0.2) is 53.5 Å². The van der Waals surface area contributed by atoms with Gasteiger partial charge in [0.2, 0.25) is 0 Å². The molecule has 0 aliphatic heterocycles. The smallest absolute Gasteiger partial charge is 0.191 e. The van der Waals surface area contributed by atoms with Gasteiger partial charge in [-0.15, -0.1) is 0 Å². The highest BCUT2D eigenvalue weighted by molar-refractivity contribution is 5.79. The Balaban J connectivity index is 1.92. The minimum atomic E-state index is -0.208. The molecule has 0 saturated heterocycles. The predicted molar refractivity (Wildman–Crippen MR) is 109 cm³/mol. The Hall–Kier alpha value is -2.60. The van der Waals surface area contributed by atoms with Crippen LogP contribution in [-0.2, 0) is 6.42 Å². The molecular weight excluding hydrogens is 343 g/mol. The first-order valence-electron chi connectivity index (χ1n) is 9.03. The number of nitrogens with zero attached hydrogens (tertiary/aromatic N) is 2. The number of benzene rings is 2. The second kappa shape index (κ2) is 10.5. The first-order chi connectivity index (χ1) is 13.0. The van der Waals surface area contributed by atoms with E-state index in [0.29, 0.717) is 19.0 Å². The number of rotatable bonds is 8. The van der Waals surface area contributed by atoms with Gasteiger partial charge in [-0.25, -0.2) is 4.39 Å². The monoisotopic (exact) mass is 372 g/mol. The molecule has 0 aliphatic carbocycles. The van der Waals surface area contributed by atoms with Crippen molar-refractivity contribution in [3.8, 4) is 5.75 Å². The van der Waals surface area contributed by atoms with Gasteiger partial charge in [-0.1, -0.05) is 30.3 Å². The van der Waals surface area contributed by atoms with Crippen molar-refractivity contribution < 1.29 is 9.13 Å². The first kappa shape index (κ1) is 20.7. The Morgan fingerprint density at radius 2 is 1.93 bits per heavy atom. The average Bonchev–Trinajstić information content (AvgIpc) is 2.67. The van der Waals surface area contributed by atoms with Crippen molar-refractivity contribution in [3.63, 3.8) is 0 Å². The Kier molecular flexibility index (Phi) is 8.07. The van der Waals surface area contributed by atoms with Crippen LogP contribution in [0.5, 0.6) is 5.75 Å². The third-order valence-corrected chi connectivity index (χ3v) is 4.40. The van der Waals surface area contributed by atoms with E-state index < -0.39 is 0 Å². The van der Waals surface area contributed by atoms with Crippen molar-refractivity contribution in [3.05, 3.63) is 65.5 Å². The third-order valence-electron chi connectivity index (χ3n) is 4.40. The van der Waals surface area contributed by atoms with Crippen LogP contribution < -0.4 is 15.4 Å². The lowest BCUT2D eigenvalue weighted by Gasteiger charge is -2.27. The third kappa shape index (κ3) is 6.25. The van der Waals surface area contributed by atoms with Gasteiger partial charge in [0.15, 0.2) is 5.96 Å². The molecule has 0 fully saturated rings. The van der Waals surface area contributed by atoms with E-state index in [2.05, 4.69) is 26.6 Å². The highest BCUT2D eigenvalue weighted by atomic mass is 19.1. The van der Waals surface area contributed by atoms with Crippen LogP contribution in [0.3, 0.4) is 0 Å². The van der Waals surface area contributed by atoms with Crippen molar-refractivity contribution >= 4 is 5.96 Å². The van der Waals surface area contributed by atoms with Gasteiger partial charge in [0.05, 0.1) is 13.2 Å². The molecule has 1 atom stereocenters. The summed E-state index contributed by atoms with van der Waals surface area (Å²) < 4.78 is 18.8. The quantitative estimate of drug-likeness (QED) is 0.553. The molecule has 0 amide bonds. The lowest BCUT2D eigenvalue weighted by Crippen LogP contribution is -2.42. The first-order valence-corrected chi connectivity index (χ1v) is 9.03. The van der Waals surface area contributed by atoms with Gasteiger partial charge >= 0.3 is 0 Å². The largest absolute Gasteiger partial charge is 0.496 e. The molecule has 2 N–H and O–H groups in total. The van der Waals surface area contributed by atoms with Crippen molar-refractivity contribution in [2.75, 3.05) is 41.3 Å². The number of hydrogen-bond donors (Lipinski definition) is 2. The van der Waals surface area contributed by atoms with E-state index in [-0.39, 0.29) is 11.9 Å². The van der Waals surface area contributed by atoms with Gasteiger partial charge < -0.3 is 20.3 Å². The molecule has 0 aliphatic rings. The van der Waals surface area contributed by atoms with Gasteiger partial charge in [-0.05, 0) is 44.3 Å². The zero-order chi connectivity index (χ0) is 19.6. The van der Waals surface area contributed by atoms with E-state index in [1.807, 2.05) is 38.4 Å². The standard InChI is InChI=1S/C21H29FN4O/c1-23-21(24-13-12-16-8-7-9-17(22)14-16)25-15-19(26(2)3)18-10-5-6-11-20(18)27-4/h5-11,14,19H,12-13,15H2,1-4H3,(H2,23,24,25). The molecule has 0 bridgehead atoms. The Morgan fingerprint density at radius 1 is 1.15 bits per heavy atom. The predicted octanol–water partition coefficient (Wildman–Crippen LogP) is 2.84. The van der Waals surface area contributed by atoms with E-state index >= 15 is 0 Å². The fourth-order valence-electron chi connectivity index (χ4n) is 2.94. The fourth-order valence-corrected chi connectivity index (χ4v) is 2.94. The van der Waals surface area contributed by atoms with Crippen molar-refractivity contribution in [2.24, 2.45) is 4.99 Å². The maximum atomic E-state index is 13.3. The Morgan fingerprint density at radius 3 is 2.59 bits per heavy atom. The molecule has 2 aromatic rings. The second-order valence-electron chi connectivity index (χ2n) is 6.48. The van der Waals surface area contributed by atoms with Gasteiger partial charge in [-0.2, -0.15) is 0 Å². The summed E-state index contributed by atoms with van der Waals surface area (Å²) in [7, 11) is 7.51. The topological polar surface area (TPSA) is 48.9 Å². The SMILES string of the molecule is CN=C(NCCc1cccc(F)c1)NCC(c1ccccc1OC)N(C)C. The van der Waals surface area contributed by atoms with Crippen LogP contribution in [0.2, 0.25) is 0 Å². The fraction of sp³-hybridized carbons (Fsp3) is 0.381. The summed E-state index contributed by atoms with van der Waals surface area (Å²) >= 11 is 0. The van der Waals surface area contributed by atoms with Crippen LogP contribution in [0.4, 0.5) is 4.39 Å². The number of methoxy groups -OCH3 is 1. The zero-order valence-electron chi connectivity index (χ0n) is 16.5. The Labute approximate surface area is 161 Å². The van der Waals surface area contributed by atoms with Crippen LogP contribution >= 0.6 is 0 Å². The van der Waals surface area contributed by atoms with Crippen molar-refractivity contribution in [1.82, 2.24) is 15.5 Å².